The molecule has 0 unspecified atom stereocenters. The number of rotatable bonds is 6. The number of halogens is 3. The van der Waals surface area contributed by atoms with E-state index in [1.165, 1.54) is 13.2 Å². The Morgan fingerprint density at radius 2 is 1.92 bits per heavy atom. The van der Waals surface area contributed by atoms with Crippen molar-refractivity contribution in [3.63, 3.8) is 0 Å². The van der Waals surface area contributed by atoms with Crippen molar-refractivity contribution in [1.82, 2.24) is 5.16 Å². The molecule has 1 rings (SSSR count). The predicted molar refractivity (Wildman–Crippen MR) is 76.2 cm³/mol. The summed E-state index contributed by atoms with van der Waals surface area (Å²) in [6.45, 7) is 6.24. The van der Waals surface area contributed by atoms with Crippen molar-refractivity contribution in [2.45, 2.75) is 58.2 Å². The Labute approximate surface area is 137 Å². The van der Waals surface area contributed by atoms with E-state index in [4.69, 9.17) is 9.26 Å². The lowest BCUT2D eigenvalue weighted by molar-refractivity contribution is -0.165. The third kappa shape index (κ3) is 5.86. The highest BCUT2D eigenvalue weighted by atomic mass is 19.4. The van der Waals surface area contributed by atoms with Crippen LogP contribution in [0, 0.1) is 12.8 Å². The number of alkyl halides is 3. The van der Waals surface area contributed by atoms with E-state index < -0.39 is 48.4 Å². The summed E-state index contributed by atoms with van der Waals surface area (Å²) in [5.41, 5.74) is -0.594. The van der Waals surface area contributed by atoms with Crippen molar-refractivity contribution in [1.29, 1.82) is 0 Å². The van der Waals surface area contributed by atoms with E-state index in [1.54, 1.807) is 20.8 Å². The van der Waals surface area contributed by atoms with Gasteiger partial charge in [-0.1, -0.05) is 5.16 Å². The topological polar surface area (TPSA) is 89.6 Å². The summed E-state index contributed by atoms with van der Waals surface area (Å²) in [5, 5.41) is 12.9. The summed E-state index contributed by atoms with van der Waals surface area (Å²) in [4.78, 5) is 23.9. The highest BCUT2D eigenvalue weighted by Gasteiger charge is 2.42. The van der Waals surface area contributed by atoms with Crippen LogP contribution in [0.2, 0.25) is 0 Å². The van der Waals surface area contributed by atoms with Crippen LogP contribution in [0.5, 0.6) is 0 Å². The number of carboxylic acid groups (broad SMARTS) is 1. The molecule has 2 atom stereocenters. The van der Waals surface area contributed by atoms with E-state index in [2.05, 4.69) is 5.16 Å². The molecule has 1 aromatic heterocycles. The minimum Gasteiger partial charge on any atom is -0.481 e. The van der Waals surface area contributed by atoms with Crippen molar-refractivity contribution < 1.29 is 37.1 Å². The average molecular weight is 351 g/mol. The van der Waals surface area contributed by atoms with Crippen molar-refractivity contribution in [3.05, 3.63) is 17.5 Å². The van der Waals surface area contributed by atoms with Gasteiger partial charge in [-0.3, -0.25) is 9.59 Å². The monoisotopic (exact) mass is 351 g/mol. The lowest BCUT2D eigenvalue weighted by Gasteiger charge is -2.26. The zero-order valence-electron chi connectivity index (χ0n) is 13.8. The normalized spacial score (nSPS) is 15.0. The number of nitrogens with zero attached hydrogens (tertiary/aromatic N) is 1. The van der Waals surface area contributed by atoms with E-state index in [0.717, 1.165) is 0 Å². The van der Waals surface area contributed by atoms with Crippen LogP contribution in [0.1, 0.15) is 50.8 Å². The minimum atomic E-state index is -4.54. The van der Waals surface area contributed by atoms with Crippen LogP contribution in [0.3, 0.4) is 0 Å². The Balaban J connectivity index is 3.20. The van der Waals surface area contributed by atoms with Gasteiger partial charge in [-0.25, -0.2) is 0 Å². The van der Waals surface area contributed by atoms with Gasteiger partial charge in [0.2, 0.25) is 0 Å². The van der Waals surface area contributed by atoms with Crippen molar-refractivity contribution in [2.24, 2.45) is 5.92 Å². The number of esters is 1. The molecule has 0 amide bonds. The molecule has 0 aliphatic carbocycles. The second-order valence-electron chi connectivity index (χ2n) is 6.49. The number of ether oxygens (including phenoxy) is 1. The Kier molecular flexibility index (Phi) is 6.02. The van der Waals surface area contributed by atoms with Gasteiger partial charge in [0.1, 0.15) is 23.5 Å². The molecule has 1 aromatic rings. The Morgan fingerprint density at radius 3 is 2.29 bits per heavy atom. The average Bonchev–Trinajstić information content (AvgIpc) is 2.76. The fraction of sp³-hybridized carbons (Fsp3) is 0.667. The van der Waals surface area contributed by atoms with Gasteiger partial charge in [0, 0.05) is 12.0 Å². The van der Waals surface area contributed by atoms with Crippen molar-refractivity contribution in [3.8, 4) is 0 Å². The molecule has 0 saturated heterocycles. The number of hydrogen-bond acceptors (Lipinski definition) is 5. The third-order valence-corrected chi connectivity index (χ3v) is 3.20. The highest BCUT2D eigenvalue weighted by Crippen LogP contribution is 2.35. The molecule has 0 spiro atoms. The van der Waals surface area contributed by atoms with Crippen molar-refractivity contribution >= 4 is 11.9 Å². The lowest BCUT2D eigenvalue weighted by Crippen LogP contribution is -2.35. The number of carbonyl (C=O) groups is 2. The van der Waals surface area contributed by atoms with E-state index in [9.17, 15) is 27.9 Å². The van der Waals surface area contributed by atoms with E-state index in [-0.39, 0.29) is 5.69 Å². The lowest BCUT2D eigenvalue weighted by atomic mass is 9.84. The molecule has 0 aromatic carbocycles. The fourth-order valence-electron chi connectivity index (χ4n) is 2.18. The molecular formula is C15H20F3NO5. The molecule has 0 saturated carbocycles. The molecule has 0 bridgehead atoms. The zero-order chi connectivity index (χ0) is 18.7. The quantitative estimate of drug-likeness (QED) is 0.790. The first-order chi connectivity index (χ1) is 10.8. The van der Waals surface area contributed by atoms with Gasteiger partial charge < -0.3 is 14.4 Å². The maximum Gasteiger partial charge on any atom is 0.389 e. The van der Waals surface area contributed by atoms with Crippen molar-refractivity contribution in [2.75, 3.05) is 0 Å². The molecule has 0 aliphatic rings. The smallest absolute Gasteiger partial charge is 0.389 e. The Bertz CT molecular complexity index is 589. The van der Waals surface area contributed by atoms with Gasteiger partial charge in [0.25, 0.3) is 0 Å². The Morgan fingerprint density at radius 1 is 1.33 bits per heavy atom. The van der Waals surface area contributed by atoms with Crippen LogP contribution in [-0.4, -0.2) is 34.0 Å². The van der Waals surface area contributed by atoms with Crippen LogP contribution in [0.25, 0.3) is 0 Å². The molecular weight excluding hydrogens is 331 g/mol. The first kappa shape index (κ1) is 20.0. The first-order valence-corrected chi connectivity index (χ1v) is 7.25. The summed E-state index contributed by atoms with van der Waals surface area (Å²) in [6.07, 6.45) is -5.45. The molecule has 0 aliphatic heterocycles. The minimum absolute atomic E-state index is 0.0289. The number of hydrogen-bond donors (Lipinski definition) is 1. The van der Waals surface area contributed by atoms with Gasteiger partial charge in [0.05, 0.1) is 5.92 Å². The second-order valence-corrected chi connectivity index (χ2v) is 6.49. The SMILES string of the molecule is Cc1conc1[C@H](C(=O)OC(C)(C)C)[C@@H](CCC(F)(F)F)C(=O)O. The number of aromatic nitrogens is 1. The van der Waals surface area contributed by atoms with E-state index in [0.29, 0.717) is 5.56 Å². The zero-order valence-corrected chi connectivity index (χ0v) is 13.8. The largest absolute Gasteiger partial charge is 0.481 e. The predicted octanol–water partition coefficient (Wildman–Crippen LogP) is 3.45. The van der Waals surface area contributed by atoms with Crippen LogP contribution >= 0.6 is 0 Å². The van der Waals surface area contributed by atoms with E-state index in [1.807, 2.05) is 0 Å². The third-order valence-electron chi connectivity index (χ3n) is 3.20. The first-order valence-electron chi connectivity index (χ1n) is 7.25. The summed E-state index contributed by atoms with van der Waals surface area (Å²) in [5.74, 6) is -5.60. The molecule has 9 heteroatoms. The maximum atomic E-state index is 12.5. The number of carbonyl (C=O) groups excluding carboxylic acids is 1. The maximum absolute atomic E-state index is 12.5. The Hall–Kier alpha value is -2.06. The summed E-state index contributed by atoms with van der Waals surface area (Å²) < 4.78 is 47.4. The van der Waals surface area contributed by atoms with E-state index >= 15 is 0 Å². The summed E-state index contributed by atoms with van der Waals surface area (Å²) in [6, 6.07) is 0. The molecule has 136 valence electrons. The number of aryl methyl sites for hydroxylation is 1. The van der Waals surface area contributed by atoms with Gasteiger partial charge in [-0.2, -0.15) is 13.2 Å². The van der Waals surface area contributed by atoms with Crippen LogP contribution in [0.4, 0.5) is 13.2 Å². The molecule has 24 heavy (non-hydrogen) atoms. The van der Waals surface area contributed by atoms with Crippen LogP contribution in [-0.2, 0) is 14.3 Å². The van der Waals surface area contributed by atoms with Gasteiger partial charge >= 0.3 is 18.1 Å². The number of aliphatic carboxylic acids is 1. The van der Waals surface area contributed by atoms with Crippen LogP contribution in [0.15, 0.2) is 10.8 Å². The van der Waals surface area contributed by atoms with Gasteiger partial charge in [0.15, 0.2) is 0 Å². The highest BCUT2D eigenvalue weighted by molar-refractivity contribution is 5.85. The summed E-state index contributed by atoms with van der Waals surface area (Å²) >= 11 is 0. The molecule has 1 N–H and O–H groups in total. The summed E-state index contributed by atoms with van der Waals surface area (Å²) in [7, 11) is 0. The van der Waals surface area contributed by atoms with Gasteiger partial charge in [-0.05, 0) is 34.1 Å². The molecule has 1 heterocycles. The van der Waals surface area contributed by atoms with Crippen LogP contribution < -0.4 is 0 Å². The number of carboxylic acids is 1. The molecule has 0 fully saturated rings. The molecule has 0 radical (unpaired) electrons. The van der Waals surface area contributed by atoms with Gasteiger partial charge in [-0.15, -0.1) is 0 Å². The second kappa shape index (κ2) is 7.23. The fourth-order valence-corrected chi connectivity index (χ4v) is 2.18. The molecule has 6 nitrogen and oxygen atoms in total. The standard InChI is InChI=1S/C15H20F3NO5/c1-8-7-23-19-11(8)10(13(22)24-14(2,3)4)9(12(20)21)5-6-15(16,17)18/h7,9-10H,5-6H2,1-4H3,(H,20,21)/t9-,10-/m1/s1.